The van der Waals surface area contributed by atoms with E-state index < -0.39 is 0 Å². The van der Waals surface area contributed by atoms with Gasteiger partial charge in [0.2, 0.25) is 0 Å². The molecule has 0 bridgehead atoms. The standard InChI is InChI=1S/C16H21NO/c1-3-18-16-9-11(2)7-8-14(16)17-15-10-12-5-4-6-13(12)15/h4,6-9,12-13,15,17H,3,5,10H2,1-2H3. The van der Waals surface area contributed by atoms with Crippen LogP contribution in [0.1, 0.15) is 25.3 Å². The molecule has 18 heavy (non-hydrogen) atoms. The minimum absolute atomic E-state index is 0.593. The molecule has 3 unspecified atom stereocenters. The van der Waals surface area contributed by atoms with Gasteiger partial charge in [-0.05, 0) is 50.3 Å². The first kappa shape index (κ1) is 11.6. The average molecular weight is 243 g/mol. The van der Waals surface area contributed by atoms with Crippen LogP contribution in [0.5, 0.6) is 5.75 Å². The van der Waals surface area contributed by atoms with E-state index in [1.54, 1.807) is 0 Å². The maximum atomic E-state index is 5.72. The smallest absolute Gasteiger partial charge is 0.142 e. The van der Waals surface area contributed by atoms with Gasteiger partial charge in [-0.3, -0.25) is 0 Å². The van der Waals surface area contributed by atoms with Crippen molar-refractivity contribution in [1.29, 1.82) is 0 Å². The molecule has 1 aromatic rings. The molecule has 0 spiro atoms. The SMILES string of the molecule is CCOc1cc(C)ccc1NC1CC2CC=CC21. The zero-order chi connectivity index (χ0) is 12.5. The molecule has 0 heterocycles. The number of hydrogen-bond acceptors (Lipinski definition) is 2. The van der Waals surface area contributed by atoms with Gasteiger partial charge in [-0.2, -0.15) is 0 Å². The molecule has 1 fully saturated rings. The summed E-state index contributed by atoms with van der Waals surface area (Å²) in [6.07, 6.45) is 7.27. The van der Waals surface area contributed by atoms with E-state index in [1.165, 1.54) is 18.4 Å². The first-order valence-electron chi connectivity index (χ1n) is 6.94. The molecule has 0 amide bonds. The molecule has 2 aliphatic rings. The quantitative estimate of drug-likeness (QED) is 0.813. The van der Waals surface area contributed by atoms with Crippen LogP contribution >= 0.6 is 0 Å². The summed E-state index contributed by atoms with van der Waals surface area (Å²) in [5.41, 5.74) is 2.39. The molecule has 2 nitrogen and oxygen atoms in total. The third kappa shape index (κ3) is 2.00. The second-order valence-electron chi connectivity index (χ2n) is 5.42. The van der Waals surface area contributed by atoms with Crippen molar-refractivity contribution in [1.82, 2.24) is 0 Å². The van der Waals surface area contributed by atoms with Gasteiger partial charge < -0.3 is 10.1 Å². The number of nitrogens with one attached hydrogen (secondary N) is 1. The second-order valence-corrected chi connectivity index (χ2v) is 5.42. The number of anilines is 1. The van der Waals surface area contributed by atoms with Crippen LogP contribution in [-0.4, -0.2) is 12.6 Å². The van der Waals surface area contributed by atoms with Crippen molar-refractivity contribution in [3.63, 3.8) is 0 Å². The molecule has 1 saturated carbocycles. The van der Waals surface area contributed by atoms with Crippen LogP contribution in [0.3, 0.4) is 0 Å². The van der Waals surface area contributed by atoms with Crippen molar-refractivity contribution >= 4 is 5.69 Å². The highest BCUT2D eigenvalue weighted by molar-refractivity contribution is 5.58. The molecule has 0 saturated heterocycles. The zero-order valence-corrected chi connectivity index (χ0v) is 11.1. The number of hydrogen-bond donors (Lipinski definition) is 1. The van der Waals surface area contributed by atoms with Gasteiger partial charge in [-0.15, -0.1) is 0 Å². The molecule has 3 atom stereocenters. The minimum Gasteiger partial charge on any atom is -0.492 e. The van der Waals surface area contributed by atoms with E-state index in [0.29, 0.717) is 6.04 Å². The second kappa shape index (κ2) is 4.68. The van der Waals surface area contributed by atoms with E-state index in [1.807, 2.05) is 6.92 Å². The number of ether oxygens (including phenoxy) is 1. The molecule has 0 radical (unpaired) electrons. The normalized spacial score (nSPS) is 28.7. The molecular formula is C16H21NO. The third-order valence-corrected chi connectivity index (χ3v) is 4.14. The maximum absolute atomic E-state index is 5.72. The van der Waals surface area contributed by atoms with Crippen LogP contribution in [0.15, 0.2) is 30.4 Å². The van der Waals surface area contributed by atoms with Crippen LogP contribution in [-0.2, 0) is 0 Å². The topological polar surface area (TPSA) is 21.3 Å². The summed E-state index contributed by atoms with van der Waals surface area (Å²) in [7, 11) is 0. The van der Waals surface area contributed by atoms with E-state index in [2.05, 4.69) is 42.6 Å². The molecule has 1 aromatic carbocycles. The van der Waals surface area contributed by atoms with Crippen LogP contribution in [0.2, 0.25) is 0 Å². The van der Waals surface area contributed by atoms with Gasteiger partial charge in [-0.25, -0.2) is 0 Å². The van der Waals surface area contributed by atoms with Gasteiger partial charge in [-0.1, -0.05) is 18.2 Å². The van der Waals surface area contributed by atoms with Crippen molar-refractivity contribution in [3.05, 3.63) is 35.9 Å². The molecular weight excluding hydrogens is 222 g/mol. The molecule has 2 heteroatoms. The Labute approximate surface area is 109 Å². The number of aryl methyl sites for hydroxylation is 1. The number of rotatable bonds is 4. The van der Waals surface area contributed by atoms with E-state index >= 15 is 0 Å². The largest absolute Gasteiger partial charge is 0.492 e. The maximum Gasteiger partial charge on any atom is 0.142 e. The first-order chi connectivity index (χ1) is 8.78. The highest BCUT2D eigenvalue weighted by Gasteiger charge is 2.41. The number of allylic oxidation sites excluding steroid dienone is 1. The van der Waals surface area contributed by atoms with Crippen molar-refractivity contribution < 1.29 is 4.74 Å². The van der Waals surface area contributed by atoms with E-state index in [0.717, 1.165) is 29.9 Å². The van der Waals surface area contributed by atoms with E-state index in [4.69, 9.17) is 4.74 Å². The summed E-state index contributed by atoms with van der Waals surface area (Å²) in [6.45, 7) is 4.85. The Morgan fingerprint density at radius 3 is 3.06 bits per heavy atom. The summed E-state index contributed by atoms with van der Waals surface area (Å²) >= 11 is 0. The Hall–Kier alpha value is -1.44. The predicted octanol–water partition coefficient (Wildman–Crippen LogP) is 3.77. The first-order valence-corrected chi connectivity index (χ1v) is 6.94. The van der Waals surface area contributed by atoms with Crippen molar-refractivity contribution in [2.45, 2.75) is 32.7 Å². The Bertz CT molecular complexity index is 466. The van der Waals surface area contributed by atoms with Gasteiger partial charge in [0.15, 0.2) is 0 Å². The van der Waals surface area contributed by atoms with Crippen LogP contribution < -0.4 is 10.1 Å². The van der Waals surface area contributed by atoms with Crippen molar-refractivity contribution in [3.8, 4) is 5.75 Å². The highest BCUT2D eigenvalue weighted by atomic mass is 16.5. The zero-order valence-electron chi connectivity index (χ0n) is 11.1. The highest BCUT2D eigenvalue weighted by Crippen LogP contribution is 2.44. The van der Waals surface area contributed by atoms with Crippen LogP contribution in [0.4, 0.5) is 5.69 Å². The van der Waals surface area contributed by atoms with Crippen molar-refractivity contribution in [2.75, 3.05) is 11.9 Å². The Balaban J connectivity index is 1.74. The molecule has 0 aliphatic heterocycles. The van der Waals surface area contributed by atoms with Crippen LogP contribution in [0.25, 0.3) is 0 Å². The van der Waals surface area contributed by atoms with E-state index in [-0.39, 0.29) is 0 Å². The van der Waals surface area contributed by atoms with Crippen LogP contribution in [0, 0.1) is 18.8 Å². The Morgan fingerprint density at radius 2 is 2.28 bits per heavy atom. The summed E-state index contributed by atoms with van der Waals surface area (Å²) in [5.74, 6) is 2.62. The van der Waals surface area contributed by atoms with Gasteiger partial charge in [0.25, 0.3) is 0 Å². The van der Waals surface area contributed by atoms with E-state index in [9.17, 15) is 0 Å². The van der Waals surface area contributed by atoms with Gasteiger partial charge in [0, 0.05) is 12.0 Å². The lowest BCUT2D eigenvalue weighted by Crippen LogP contribution is -2.43. The van der Waals surface area contributed by atoms with Gasteiger partial charge >= 0.3 is 0 Å². The average Bonchev–Trinajstić information content (AvgIpc) is 2.70. The summed E-state index contributed by atoms with van der Waals surface area (Å²) in [4.78, 5) is 0. The summed E-state index contributed by atoms with van der Waals surface area (Å²) in [5, 5.41) is 3.65. The predicted molar refractivity (Wildman–Crippen MR) is 75.1 cm³/mol. The van der Waals surface area contributed by atoms with Crippen molar-refractivity contribution in [2.24, 2.45) is 11.8 Å². The molecule has 2 aliphatic carbocycles. The minimum atomic E-state index is 0.593. The monoisotopic (exact) mass is 243 g/mol. The Kier molecular flexibility index (Phi) is 3.02. The van der Waals surface area contributed by atoms with Gasteiger partial charge in [0.05, 0.1) is 12.3 Å². The fourth-order valence-corrected chi connectivity index (χ4v) is 3.11. The number of fused-ring (bicyclic) bond motifs is 1. The molecule has 0 aromatic heterocycles. The third-order valence-electron chi connectivity index (χ3n) is 4.14. The lowest BCUT2D eigenvalue weighted by atomic mass is 9.71. The lowest BCUT2D eigenvalue weighted by Gasteiger charge is -2.41. The number of benzene rings is 1. The molecule has 1 N–H and O–H groups in total. The fraction of sp³-hybridized carbons (Fsp3) is 0.500. The summed E-state index contributed by atoms with van der Waals surface area (Å²) < 4.78 is 5.72. The summed E-state index contributed by atoms with van der Waals surface area (Å²) in [6, 6.07) is 7.00. The molecule has 3 rings (SSSR count). The Morgan fingerprint density at radius 1 is 1.39 bits per heavy atom. The molecule has 96 valence electrons. The van der Waals surface area contributed by atoms with Gasteiger partial charge in [0.1, 0.15) is 5.75 Å². The fourth-order valence-electron chi connectivity index (χ4n) is 3.11. The lowest BCUT2D eigenvalue weighted by molar-refractivity contribution is 0.217.